The Balaban J connectivity index is 2.15. The molecule has 1 amide bonds. The number of methoxy groups -OCH3 is 3. The van der Waals surface area contributed by atoms with E-state index >= 15 is 0 Å². The number of aliphatic hydroxyl groups excluding tert-OH is 1. The van der Waals surface area contributed by atoms with E-state index in [2.05, 4.69) is 0 Å². The Morgan fingerprint density at radius 3 is 2.19 bits per heavy atom. The first-order valence-corrected chi connectivity index (χ1v) is 12.5. The van der Waals surface area contributed by atoms with Gasteiger partial charge in [0.15, 0.2) is 11.5 Å². The maximum absolute atomic E-state index is 13.1. The number of aliphatic hydroxyl groups is 1. The van der Waals surface area contributed by atoms with Crippen molar-refractivity contribution < 1.29 is 37.3 Å². The van der Waals surface area contributed by atoms with Crippen molar-refractivity contribution in [1.29, 1.82) is 0 Å². The zero-order valence-electron chi connectivity index (χ0n) is 20.8. The SMILES string of the molecule is COCCCN1C(=O)C(=O)C(=C(O)c2ccc(S(=O)(=O)N(C)C)cc2)[C@H]1c1ccc(OC)c(OC)c1. The molecule has 0 saturated carbocycles. The molecule has 1 aliphatic rings. The molecule has 2 aromatic rings. The van der Waals surface area contributed by atoms with Crippen molar-refractivity contribution >= 4 is 27.5 Å². The van der Waals surface area contributed by atoms with Crippen LogP contribution in [-0.2, 0) is 24.3 Å². The number of amides is 1. The fourth-order valence-corrected chi connectivity index (χ4v) is 4.91. The van der Waals surface area contributed by atoms with E-state index in [0.717, 1.165) is 4.31 Å². The number of rotatable bonds is 10. The smallest absolute Gasteiger partial charge is 0.295 e. The number of ether oxygens (including phenoxy) is 3. The molecule has 1 saturated heterocycles. The minimum Gasteiger partial charge on any atom is -0.507 e. The number of hydrogen-bond donors (Lipinski definition) is 1. The van der Waals surface area contributed by atoms with Crippen LogP contribution in [0.4, 0.5) is 0 Å². The number of Topliss-reactive ketones (excluding diaryl/α,β-unsaturated/α-hetero) is 1. The summed E-state index contributed by atoms with van der Waals surface area (Å²) in [4.78, 5) is 27.6. The average Bonchev–Trinajstić information content (AvgIpc) is 3.13. The van der Waals surface area contributed by atoms with E-state index in [9.17, 15) is 23.1 Å². The topological polar surface area (TPSA) is 123 Å². The molecule has 2 aromatic carbocycles. The van der Waals surface area contributed by atoms with Crippen LogP contribution in [0.5, 0.6) is 11.5 Å². The summed E-state index contributed by atoms with van der Waals surface area (Å²) in [6, 6.07) is 9.58. The van der Waals surface area contributed by atoms with Crippen LogP contribution in [0.25, 0.3) is 5.76 Å². The lowest BCUT2D eigenvalue weighted by atomic mass is 9.95. The molecule has 0 spiro atoms. The van der Waals surface area contributed by atoms with Gasteiger partial charge in [-0.2, -0.15) is 0 Å². The van der Waals surface area contributed by atoms with E-state index in [1.165, 1.54) is 57.5 Å². The molecule has 1 heterocycles. The second-order valence-electron chi connectivity index (χ2n) is 8.27. The Kier molecular flexibility index (Phi) is 8.39. The number of carbonyl (C=O) groups excluding carboxylic acids is 2. The highest BCUT2D eigenvalue weighted by Crippen LogP contribution is 2.42. The van der Waals surface area contributed by atoms with Gasteiger partial charge in [-0.3, -0.25) is 9.59 Å². The van der Waals surface area contributed by atoms with Crippen LogP contribution < -0.4 is 9.47 Å². The minimum absolute atomic E-state index is 0.0282. The first-order chi connectivity index (χ1) is 17.1. The molecule has 0 aromatic heterocycles. The van der Waals surface area contributed by atoms with E-state index in [-0.39, 0.29) is 22.6 Å². The Bertz CT molecular complexity index is 1270. The van der Waals surface area contributed by atoms with Crippen molar-refractivity contribution in [3.63, 3.8) is 0 Å². The zero-order valence-corrected chi connectivity index (χ0v) is 21.7. The summed E-state index contributed by atoms with van der Waals surface area (Å²) in [5, 5.41) is 11.2. The van der Waals surface area contributed by atoms with Gasteiger partial charge in [0.1, 0.15) is 5.76 Å². The predicted octanol–water partition coefficient (Wildman–Crippen LogP) is 2.41. The lowest BCUT2D eigenvalue weighted by Crippen LogP contribution is -2.31. The highest BCUT2D eigenvalue weighted by Gasteiger charge is 2.46. The molecule has 10 nitrogen and oxygen atoms in total. The monoisotopic (exact) mass is 518 g/mol. The lowest BCUT2D eigenvalue weighted by molar-refractivity contribution is -0.140. The Morgan fingerprint density at radius 2 is 1.64 bits per heavy atom. The summed E-state index contributed by atoms with van der Waals surface area (Å²) in [6.07, 6.45) is 0.477. The summed E-state index contributed by atoms with van der Waals surface area (Å²) in [6.45, 7) is 0.595. The number of nitrogens with zero attached hydrogens (tertiary/aromatic N) is 2. The predicted molar refractivity (Wildman–Crippen MR) is 132 cm³/mol. The van der Waals surface area contributed by atoms with Crippen molar-refractivity contribution in [2.45, 2.75) is 17.4 Å². The van der Waals surface area contributed by atoms with Gasteiger partial charge in [-0.15, -0.1) is 0 Å². The van der Waals surface area contributed by atoms with Gasteiger partial charge in [0, 0.05) is 39.9 Å². The van der Waals surface area contributed by atoms with Gasteiger partial charge in [0.25, 0.3) is 11.7 Å². The van der Waals surface area contributed by atoms with Gasteiger partial charge in [0.05, 0.1) is 30.7 Å². The van der Waals surface area contributed by atoms with Gasteiger partial charge < -0.3 is 24.2 Å². The number of ketones is 1. The molecule has 1 aliphatic heterocycles. The van der Waals surface area contributed by atoms with Gasteiger partial charge in [0.2, 0.25) is 10.0 Å². The molecular weight excluding hydrogens is 488 g/mol. The molecule has 1 atom stereocenters. The number of carbonyl (C=O) groups is 2. The van der Waals surface area contributed by atoms with Crippen molar-refractivity contribution in [3.8, 4) is 11.5 Å². The molecular formula is C25H30N2O8S. The number of hydrogen-bond acceptors (Lipinski definition) is 8. The maximum Gasteiger partial charge on any atom is 0.295 e. The molecule has 36 heavy (non-hydrogen) atoms. The minimum atomic E-state index is -3.68. The number of benzene rings is 2. The Labute approximate surface area is 210 Å². The van der Waals surface area contributed by atoms with E-state index in [1.54, 1.807) is 25.3 Å². The molecule has 3 rings (SSSR count). The Hall–Kier alpha value is -3.41. The summed E-state index contributed by atoms with van der Waals surface area (Å²) < 4.78 is 41.7. The molecule has 11 heteroatoms. The molecule has 0 aliphatic carbocycles. The largest absolute Gasteiger partial charge is 0.507 e. The van der Waals surface area contributed by atoms with Crippen LogP contribution in [0.2, 0.25) is 0 Å². The van der Waals surface area contributed by atoms with Crippen LogP contribution >= 0.6 is 0 Å². The summed E-state index contributed by atoms with van der Waals surface area (Å²) in [7, 11) is 3.66. The lowest BCUT2D eigenvalue weighted by Gasteiger charge is -2.26. The quantitative estimate of drug-likeness (QED) is 0.220. The standard InChI is InChI=1S/C25H30N2O8S/c1-26(2)36(31,32)18-10-7-16(8-11-18)23(28)21-22(17-9-12-19(34-4)20(15-17)35-5)27(13-6-14-33-3)25(30)24(21)29/h7-12,15,22,28H,6,13-14H2,1-5H3/t22-/m1/s1. The van der Waals surface area contributed by atoms with Gasteiger partial charge in [-0.1, -0.05) is 6.07 Å². The van der Waals surface area contributed by atoms with Gasteiger partial charge in [-0.25, -0.2) is 12.7 Å². The van der Waals surface area contributed by atoms with E-state index < -0.39 is 33.5 Å². The molecule has 0 radical (unpaired) electrons. The molecule has 1 N–H and O–H groups in total. The molecule has 0 unspecified atom stereocenters. The van der Waals surface area contributed by atoms with Crippen molar-refractivity contribution in [3.05, 3.63) is 59.2 Å². The van der Waals surface area contributed by atoms with Crippen molar-refractivity contribution in [1.82, 2.24) is 9.21 Å². The maximum atomic E-state index is 13.1. The van der Waals surface area contributed by atoms with Crippen LogP contribution in [0.3, 0.4) is 0 Å². The van der Waals surface area contributed by atoms with Crippen LogP contribution in [0.1, 0.15) is 23.6 Å². The fourth-order valence-electron chi connectivity index (χ4n) is 4.01. The van der Waals surface area contributed by atoms with E-state index in [4.69, 9.17) is 14.2 Å². The summed E-state index contributed by atoms with van der Waals surface area (Å²) >= 11 is 0. The van der Waals surface area contributed by atoms with E-state index in [1.807, 2.05) is 0 Å². The van der Waals surface area contributed by atoms with Crippen molar-refractivity contribution in [2.75, 3.05) is 48.6 Å². The number of likely N-dealkylation sites (tertiary alicyclic amines) is 1. The fraction of sp³-hybridized carbons (Fsp3) is 0.360. The third-order valence-corrected chi connectivity index (χ3v) is 7.75. The highest BCUT2D eigenvalue weighted by molar-refractivity contribution is 7.89. The zero-order chi connectivity index (χ0) is 26.6. The number of sulfonamides is 1. The van der Waals surface area contributed by atoms with Crippen molar-refractivity contribution in [2.24, 2.45) is 0 Å². The van der Waals surface area contributed by atoms with E-state index in [0.29, 0.717) is 30.1 Å². The van der Waals surface area contributed by atoms with Crippen LogP contribution in [0.15, 0.2) is 52.9 Å². The second kappa shape index (κ2) is 11.1. The Morgan fingerprint density at radius 1 is 1.00 bits per heavy atom. The first-order valence-electron chi connectivity index (χ1n) is 11.1. The average molecular weight is 519 g/mol. The molecule has 194 valence electrons. The summed E-state index contributed by atoms with van der Waals surface area (Å²) in [5.41, 5.74) is 0.638. The summed E-state index contributed by atoms with van der Waals surface area (Å²) in [5.74, 6) is -1.13. The van der Waals surface area contributed by atoms with Gasteiger partial charge in [-0.05, 0) is 48.4 Å². The van der Waals surface area contributed by atoms with Crippen LogP contribution in [0, 0.1) is 0 Å². The second-order valence-corrected chi connectivity index (χ2v) is 10.4. The third-order valence-electron chi connectivity index (χ3n) is 5.92. The third kappa shape index (κ3) is 5.08. The highest BCUT2D eigenvalue weighted by atomic mass is 32.2. The molecule has 0 bridgehead atoms. The van der Waals surface area contributed by atoms with Gasteiger partial charge >= 0.3 is 0 Å². The van der Waals surface area contributed by atoms with Crippen LogP contribution in [-0.4, -0.2) is 83.0 Å². The molecule has 1 fully saturated rings. The first kappa shape index (κ1) is 27.2. The normalized spacial score (nSPS) is 17.6.